The third-order valence-corrected chi connectivity index (χ3v) is 4.39. The summed E-state index contributed by atoms with van der Waals surface area (Å²) in [7, 11) is 0. The maximum absolute atomic E-state index is 4.51. The van der Waals surface area contributed by atoms with Gasteiger partial charge in [-0.15, -0.1) is 0 Å². The molecule has 0 amide bonds. The van der Waals surface area contributed by atoms with Crippen LogP contribution in [0.3, 0.4) is 0 Å². The lowest BCUT2D eigenvalue weighted by Crippen LogP contribution is -2.26. The van der Waals surface area contributed by atoms with Crippen LogP contribution in [0.15, 0.2) is 34.5 Å². The Morgan fingerprint density at radius 1 is 1.38 bits per heavy atom. The fraction of sp³-hybridized carbons (Fsp3) is 0.375. The first-order valence-electron chi connectivity index (χ1n) is 7.31. The summed E-state index contributed by atoms with van der Waals surface area (Å²) in [5.74, 6) is 0.849. The molecule has 2 N–H and O–H groups in total. The van der Waals surface area contributed by atoms with Gasteiger partial charge in [0.1, 0.15) is 0 Å². The Morgan fingerprint density at radius 3 is 2.90 bits per heavy atom. The van der Waals surface area contributed by atoms with Crippen molar-refractivity contribution in [2.45, 2.75) is 33.2 Å². The molecule has 3 rings (SSSR count). The van der Waals surface area contributed by atoms with E-state index in [-0.39, 0.29) is 6.04 Å². The third kappa shape index (κ3) is 2.83. The minimum Gasteiger partial charge on any atom is -0.360 e. The number of hydrazone groups is 1. The lowest BCUT2D eigenvalue weighted by atomic mass is 10.1. The highest BCUT2D eigenvalue weighted by atomic mass is 32.2. The van der Waals surface area contributed by atoms with Crippen molar-refractivity contribution in [3.63, 3.8) is 0 Å². The average Bonchev–Trinajstić information content (AvgIpc) is 2.91. The predicted octanol–water partition coefficient (Wildman–Crippen LogP) is 3.54. The third-order valence-electron chi connectivity index (χ3n) is 3.50. The van der Waals surface area contributed by atoms with Crippen LogP contribution in [0.2, 0.25) is 0 Å². The number of aryl methyl sites for hydroxylation is 1. The van der Waals surface area contributed by atoms with E-state index in [0.717, 1.165) is 23.1 Å². The summed E-state index contributed by atoms with van der Waals surface area (Å²) < 4.78 is 0. The molecule has 0 fully saturated rings. The zero-order chi connectivity index (χ0) is 14.8. The molecule has 0 bridgehead atoms. The standard InChI is InChI=1S/C16H20N4S/c1-4-11-6-5-7-12-13(8-17-15(11)12)14-9-21-16(20-19-14)18-10(2)3/h5-8,10,17H,4,9H2,1-3H3,(H,18,20). The van der Waals surface area contributed by atoms with E-state index in [9.17, 15) is 0 Å². The number of para-hydroxylation sites is 1. The van der Waals surface area contributed by atoms with E-state index in [1.54, 1.807) is 11.8 Å². The molecule has 0 saturated heterocycles. The quantitative estimate of drug-likeness (QED) is 0.911. The van der Waals surface area contributed by atoms with Crippen molar-refractivity contribution in [1.82, 2.24) is 10.4 Å². The first-order chi connectivity index (χ1) is 10.2. The van der Waals surface area contributed by atoms with Crippen molar-refractivity contribution in [2.24, 2.45) is 10.1 Å². The van der Waals surface area contributed by atoms with Gasteiger partial charge in [0.25, 0.3) is 0 Å². The minimum atomic E-state index is 0.289. The van der Waals surface area contributed by atoms with E-state index < -0.39 is 0 Å². The van der Waals surface area contributed by atoms with E-state index in [1.807, 2.05) is 0 Å². The van der Waals surface area contributed by atoms with Crippen LogP contribution < -0.4 is 5.43 Å². The molecule has 0 spiro atoms. The predicted molar refractivity (Wildman–Crippen MR) is 92.4 cm³/mol. The number of hydrogen-bond acceptors (Lipinski definition) is 3. The second kappa shape index (κ2) is 5.93. The molecule has 1 aliphatic heterocycles. The minimum absolute atomic E-state index is 0.289. The van der Waals surface area contributed by atoms with Crippen LogP contribution in [-0.4, -0.2) is 27.7 Å². The molecule has 2 aromatic rings. The number of H-pyrrole nitrogens is 1. The summed E-state index contributed by atoms with van der Waals surface area (Å²) in [6.45, 7) is 6.32. The monoisotopic (exact) mass is 300 g/mol. The largest absolute Gasteiger partial charge is 0.360 e. The van der Waals surface area contributed by atoms with Crippen LogP contribution in [-0.2, 0) is 6.42 Å². The molecule has 0 atom stereocenters. The number of hydrogen-bond donors (Lipinski definition) is 2. The maximum atomic E-state index is 4.51. The molecular weight excluding hydrogens is 280 g/mol. The van der Waals surface area contributed by atoms with Crippen molar-refractivity contribution in [1.29, 1.82) is 0 Å². The SMILES string of the molecule is CCc1cccc2c(C3=NNC(=NC(C)C)SC3)c[nH]c12. The van der Waals surface area contributed by atoms with Gasteiger partial charge in [0.05, 0.1) is 5.71 Å². The van der Waals surface area contributed by atoms with Crippen LogP contribution in [0.5, 0.6) is 0 Å². The molecule has 1 aromatic carbocycles. The Bertz CT molecular complexity index is 712. The van der Waals surface area contributed by atoms with E-state index in [2.05, 4.69) is 65.7 Å². The smallest absolute Gasteiger partial charge is 0.177 e. The van der Waals surface area contributed by atoms with Gasteiger partial charge < -0.3 is 4.98 Å². The summed E-state index contributed by atoms with van der Waals surface area (Å²) >= 11 is 1.71. The highest BCUT2D eigenvalue weighted by Crippen LogP contribution is 2.25. The number of amidine groups is 1. The fourth-order valence-electron chi connectivity index (χ4n) is 2.51. The van der Waals surface area contributed by atoms with E-state index in [0.29, 0.717) is 0 Å². The topological polar surface area (TPSA) is 52.5 Å². The van der Waals surface area contributed by atoms with Crippen molar-refractivity contribution in [3.8, 4) is 0 Å². The van der Waals surface area contributed by atoms with Crippen LogP contribution in [0, 0.1) is 0 Å². The zero-order valence-corrected chi connectivity index (χ0v) is 13.4. The number of nitrogens with one attached hydrogen (secondary N) is 2. The van der Waals surface area contributed by atoms with E-state index in [4.69, 9.17) is 0 Å². The molecule has 0 radical (unpaired) electrons. The Labute approximate surface area is 129 Å². The van der Waals surface area contributed by atoms with Gasteiger partial charge in [0.2, 0.25) is 0 Å². The molecule has 2 heterocycles. The van der Waals surface area contributed by atoms with Crippen LogP contribution in [0.1, 0.15) is 31.9 Å². The Balaban J connectivity index is 1.94. The van der Waals surface area contributed by atoms with Crippen molar-refractivity contribution >= 4 is 33.5 Å². The number of nitrogens with zero attached hydrogens (tertiary/aromatic N) is 2. The molecule has 1 aromatic heterocycles. The molecule has 21 heavy (non-hydrogen) atoms. The highest BCUT2D eigenvalue weighted by molar-refractivity contribution is 8.14. The lowest BCUT2D eigenvalue weighted by molar-refractivity contribution is 0.826. The maximum Gasteiger partial charge on any atom is 0.177 e. The van der Waals surface area contributed by atoms with Crippen LogP contribution in [0.25, 0.3) is 10.9 Å². The number of thioether (sulfide) groups is 1. The average molecular weight is 300 g/mol. The van der Waals surface area contributed by atoms with E-state index >= 15 is 0 Å². The molecule has 0 aliphatic carbocycles. The summed E-state index contributed by atoms with van der Waals surface area (Å²) in [5, 5.41) is 6.66. The summed E-state index contributed by atoms with van der Waals surface area (Å²) in [5.41, 5.74) is 7.90. The Morgan fingerprint density at radius 2 is 2.24 bits per heavy atom. The van der Waals surface area contributed by atoms with Gasteiger partial charge in [-0.25, -0.2) is 0 Å². The van der Waals surface area contributed by atoms with Gasteiger partial charge in [-0.3, -0.25) is 10.4 Å². The van der Waals surface area contributed by atoms with Gasteiger partial charge >= 0.3 is 0 Å². The zero-order valence-electron chi connectivity index (χ0n) is 12.6. The Kier molecular flexibility index (Phi) is 4.01. The van der Waals surface area contributed by atoms with Gasteiger partial charge in [0, 0.05) is 34.5 Å². The molecule has 4 nitrogen and oxygen atoms in total. The summed E-state index contributed by atoms with van der Waals surface area (Å²) in [4.78, 5) is 7.90. The molecule has 0 saturated carbocycles. The first kappa shape index (κ1) is 14.2. The lowest BCUT2D eigenvalue weighted by Gasteiger charge is -2.15. The normalized spacial score (nSPS) is 17.3. The van der Waals surface area contributed by atoms with Crippen molar-refractivity contribution in [3.05, 3.63) is 35.5 Å². The van der Waals surface area contributed by atoms with Gasteiger partial charge in [0.15, 0.2) is 5.17 Å². The van der Waals surface area contributed by atoms with Crippen LogP contribution in [0.4, 0.5) is 0 Å². The number of benzene rings is 1. The molecule has 5 heteroatoms. The molecule has 0 unspecified atom stereocenters. The van der Waals surface area contributed by atoms with E-state index in [1.165, 1.54) is 22.0 Å². The number of aromatic amines is 1. The summed E-state index contributed by atoms with van der Waals surface area (Å²) in [6.07, 6.45) is 3.09. The first-order valence-corrected chi connectivity index (χ1v) is 8.30. The van der Waals surface area contributed by atoms with Crippen molar-refractivity contribution < 1.29 is 0 Å². The van der Waals surface area contributed by atoms with Gasteiger partial charge in [-0.2, -0.15) is 5.10 Å². The Hall–Kier alpha value is -1.75. The van der Waals surface area contributed by atoms with Gasteiger partial charge in [-0.1, -0.05) is 36.9 Å². The highest BCUT2D eigenvalue weighted by Gasteiger charge is 2.17. The number of rotatable bonds is 3. The molecule has 1 aliphatic rings. The second-order valence-electron chi connectivity index (χ2n) is 5.38. The number of aliphatic imine (C=N–C) groups is 1. The number of aromatic nitrogens is 1. The van der Waals surface area contributed by atoms with Crippen LogP contribution >= 0.6 is 11.8 Å². The second-order valence-corrected chi connectivity index (χ2v) is 6.35. The van der Waals surface area contributed by atoms with Crippen molar-refractivity contribution in [2.75, 3.05) is 5.75 Å². The fourth-order valence-corrected chi connectivity index (χ4v) is 3.39. The number of fused-ring (bicyclic) bond motifs is 1. The summed E-state index contributed by atoms with van der Waals surface area (Å²) in [6, 6.07) is 6.74. The van der Waals surface area contributed by atoms with Gasteiger partial charge in [-0.05, 0) is 25.8 Å². The molecular formula is C16H20N4S. The molecule has 110 valence electrons.